The predicted molar refractivity (Wildman–Crippen MR) is 91.4 cm³/mol. The van der Waals surface area contributed by atoms with Gasteiger partial charge in [-0.1, -0.05) is 12.8 Å². The lowest BCUT2D eigenvalue weighted by Crippen LogP contribution is -2.47. The van der Waals surface area contributed by atoms with Gasteiger partial charge in [0.2, 0.25) is 0 Å². The molecule has 1 saturated carbocycles. The molecule has 1 aromatic heterocycles. The molecule has 1 aliphatic rings. The van der Waals surface area contributed by atoms with Gasteiger partial charge in [0.05, 0.1) is 5.60 Å². The lowest BCUT2D eigenvalue weighted by Gasteiger charge is -2.25. The molecule has 0 amide bonds. The van der Waals surface area contributed by atoms with E-state index >= 15 is 0 Å². The molecule has 0 saturated heterocycles. The van der Waals surface area contributed by atoms with Crippen LogP contribution in [0.2, 0.25) is 0 Å². The number of hydrogen-bond donors (Lipinski definition) is 2. The number of nitrogens with one attached hydrogen (secondary N) is 2. The Morgan fingerprint density at radius 1 is 1.35 bits per heavy atom. The van der Waals surface area contributed by atoms with Crippen molar-refractivity contribution < 1.29 is 4.74 Å². The summed E-state index contributed by atoms with van der Waals surface area (Å²) in [4.78, 5) is 4.68. The van der Waals surface area contributed by atoms with Gasteiger partial charge in [-0.2, -0.15) is 0 Å². The molecule has 2 N–H and O–H groups in total. The summed E-state index contributed by atoms with van der Waals surface area (Å²) in [6.45, 7) is 7.25. The molecule has 1 fully saturated rings. The van der Waals surface area contributed by atoms with Crippen molar-refractivity contribution in [3.05, 3.63) is 11.6 Å². The maximum absolute atomic E-state index is 5.47. The van der Waals surface area contributed by atoms with Gasteiger partial charge in [-0.3, -0.25) is 0 Å². The van der Waals surface area contributed by atoms with Crippen LogP contribution in [0, 0.1) is 6.92 Å². The highest BCUT2D eigenvalue weighted by molar-refractivity contribution is 5.80. The second kappa shape index (κ2) is 7.77. The highest BCUT2D eigenvalue weighted by Gasteiger charge is 2.20. The lowest BCUT2D eigenvalue weighted by molar-refractivity contribution is 0.0268. The monoisotopic (exact) mass is 322 g/mol. The number of guanidine groups is 1. The molecule has 1 aromatic rings. The number of aliphatic imine (C=N–C) groups is 1. The molecular formula is C16H30N6O. The van der Waals surface area contributed by atoms with Crippen LogP contribution in [0.15, 0.2) is 4.99 Å². The standard InChI is InChI=1S/C16H30N6O/c1-12-20-21-14(22(12)4)10-17-15(18-11-16(2,3)23-5)19-13-8-6-7-9-13/h13H,6-11H2,1-5H3,(H2,17,18,19). The molecule has 2 rings (SSSR count). The van der Waals surface area contributed by atoms with E-state index in [2.05, 4.69) is 39.7 Å². The van der Waals surface area contributed by atoms with Crippen LogP contribution in [-0.2, 0) is 18.3 Å². The van der Waals surface area contributed by atoms with Crippen LogP contribution in [-0.4, -0.2) is 46.0 Å². The third kappa shape index (κ3) is 5.20. The number of ether oxygens (including phenoxy) is 1. The van der Waals surface area contributed by atoms with E-state index in [-0.39, 0.29) is 5.60 Å². The van der Waals surface area contributed by atoms with Gasteiger partial charge in [-0.15, -0.1) is 10.2 Å². The molecule has 0 unspecified atom stereocenters. The lowest BCUT2D eigenvalue weighted by atomic mass is 10.1. The van der Waals surface area contributed by atoms with E-state index < -0.39 is 0 Å². The highest BCUT2D eigenvalue weighted by atomic mass is 16.5. The van der Waals surface area contributed by atoms with Crippen LogP contribution in [0.5, 0.6) is 0 Å². The number of rotatable bonds is 6. The minimum Gasteiger partial charge on any atom is -0.377 e. The Hall–Kier alpha value is -1.63. The van der Waals surface area contributed by atoms with Crippen molar-refractivity contribution in [2.45, 2.75) is 64.6 Å². The first-order valence-corrected chi connectivity index (χ1v) is 8.36. The van der Waals surface area contributed by atoms with E-state index in [0.717, 1.165) is 17.6 Å². The van der Waals surface area contributed by atoms with Crippen LogP contribution >= 0.6 is 0 Å². The van der Waals surface area contributed by atoms with Gasteiger partial charge in [-0.05, 0) is 33.6 Å². The Balaban J connectivity index is 2.01. The Morgan fingerprint density at radius 3 is 2.61 bits per heavy atom. The van der Waals surface area contributed by atoms with Gasteiger partial charge in [0.15, 0.2) is 11.8 Å². The van der Waals surface area contributed by atoms with Crippen molar-refractivity contribution >= 4 is 5.96 Å². The summed E-state index contributed by atoms with van der Waals surface area (Å²) in [5.41, 5.74) is -0.237. The highest BCUT2D eigenvalue weighted by Crippen LogP contribution is 2.17. The number of aromatic nitrogens is 3. The zero-order chi connectivity index (χ0) is 16.9. The molecular weight excluding hydrogens is 292 g/mol. The predicted octanol–water partition coefficient (Wildman–Crippen LogP) is 1.53. The van der Waals surface area contributed by atoms with Gasteiger partial charge >= 0.3 is 0 Å². The minimum atomic E-state index is -0.237. The molecule has 0 bridgehead atoms. The van der Waals surface area contributed by atoms with Crippen molar-refractivity contribution in [3.63, 3.8) is 0 Å². The van der Waals surface area contributed by atoms with E-state index in [9.17, 15) is 0 Å². The van der Waals surface area contributed by atoms with Crippen LogP contribution in [0.1, 0.15) is 51.2 Å². The first kappa shape index (κ1) is 17.7. The maximum Gasteiger partial charge on any atom is 0.192 e. The summed E-state index contributed by atoms with van der Waals surface area (Å²) in [7, 11) is 3.69. The molecule has 7 heteroatoms. The summed E-state index contributed by atoms with van der Waals surface area (Å²) in [6.07, 6.45) is 4.99. The van der Waals surface area contributed by atoms with E-state index in [1.165, 1.54) is 25.7 Å². The van der Waals surface area contributed by atoms with Crippen molar-refractivity contribution in [1.29, 1.82) is 0 Å². The van der Waals surface area contributed by atoms with Crippen molar-refractivity contribution in [1.82, 2.24) is 25.4 Å². The topological polar surface area (TPSA) is 76.4 Å². The molecule has 0 aromatic carbocycles. The molecule has 1 heterocycles. The van der Waals surface area contributed by atoms with Gasteiger partial charge in [0, 0.05) is 26.7 Å². The molecule has 1 aliphatic carbocycles. The van der Waals surface area contributed by atoms with E-state index in [1.807, 2.05) is 18.5 Å². The van der Waals surface area contributed by atoms with Crippen molar-refractivity contribution in [3.8, 4) is 0 Å². The van der Waals surface area contributed by atoms with E-state index in [0.29, 0.717) is 19.1 Å². The first-order valence-electron chi connectivity index (χ1n) is 8.36. The number of aryl methyl sites for hydroxylation is 1. The van der Waals surface area contributed by atoms with E-state index in [1.54, 1.807) is 7.11 Å². The largest absolute Gasteiger partial charge is 0.377 e. The van der Waals surface area contributed by atoms with Gasteiger partial charge < -0.3 is 19.9 Å². The number of methoxy groups -OCH3 is 1. The van der Waals surface area contributed by atoms with Gasteiger partial charge in [0.1, 0.15) is 12.4 Å². The maximum atomic E-state index is 5.47. The second-order valence-electron chi connectivity index (χ2n) is 6.83. The van der Waals surface area contributed by atoms with Crippen LogP contribution < -0.4 is 10.6 Å². The fraction of sp³-hybridized carbons (Fsp3) is 0.812. The smallest absolute Gasteiger partial charge is 0.192 e. The Labute approximate surface area is 138 Å². The van der Waals surface area contributed by atoms with Gasteiger partial charge in [0.25, 0.3) is 0 Å². The second-order valence-corrected chi connectivity index (χ2v) is 6.83. The molecule has 0 spiro atoms. The van der Waals surface area contributed by atoms with Crippen LogP contribution in [0.4, 0.5) is 0 Å². The average Bonchev–Trinajstić information content (AvgIpc) is 3.14. The van der Waals surface area contributed by atoms with Crippen LogP contribution in [0.3, 0.4) is 0 Å². The Morgan fingerprint density at radius 2 is 2.04 bits per heavy atom. The number of nitrogens with zero attached hydrogens (tertiary/aromatic N) is 4. The quantitative estimate of drug-likeness (QED) is 0.613. The first-order chi connectivity index (χ1) is 10.9. The van der Waals surface area contributed by atoms with Gasteiger partial charge in [-0.25, -0.2) is 4.99 Å². The number of hydrogen-bond acceptors (Lipinski definition) is 4. The normalized spacial score (nSPS) is 16.8. The minimum absolute atomic E-state index is 0.237. The van der Waals surface area contributed by atoms with Crippen molar-refractivity contribution in [2.24, 2.45) is 12.0 Å². The molecule has 130 valence electrons. The third-order valence-corrected chi connectivity index (χ3v) is 4.49. The molecule has 0 aliphatic heterocycles. The third-order valence-electron chi connectivity index (χ3n) is 4.49. The molecule has 0 atom stereocenters. The summed E-state index contributed by atoms with van der Waals surface area (Å²) < 4.78 is 7.44. The average molecular weight is 322 g/mol. The summed E-state index contributed by atoms with van der Waals surface area (Å²) in [5.74, 6) is 2.58. The van der Waals surface area contributed by atoms with Crippen LogP contribution in [0.25, 0.3) is 0 Å². The molecule has 23 heavy (non-hydrogen) atoms. The Kier molecular flexibility index (Phi) is 5.98. The van der Waals surface area contributed by atoms with E-state index in [4.69, 9.17) is 4.74 Å². The Bertz CT molecular complexity index is 531. The molecule has 7 nitrogen and oxygen atoms in total. The fourth-order valence-corrected chi connectivity index (χ4v) is 2.52. The summed E-state index contributed by atoms with van der Waals surface area (Å²) in [6, 6.07) is 0.508. The fourth-order valence-electron chi connectivity index (χ4n) is 2.52. The van der Waals surface area contributed by atoms with Crippen molar-refractivity contribution in [2.75, 3.05) is 13.7 Å². The zero-order valence-corrected chi connectivity index (χ0v) is 15.0. The SMILES string of the molecule is COC(C)(C)CNC(=NCc1nnc(C)n1C)NC1CCCC1. The molecule has 0 radical (unpaired) electrons. The zero-order valence-electron chi connectivity index (χ0n) is 15.0. The summed E-state index contributed by atoms with van der Waals surface area (Å²) in [5, 5.41) is 15.2. The summed E-state index contributed by atoms with van der Waals surface area (Å²) >= 11 is 0.